The Bertz CT molecular complexity index is 825. The van der Waals surface area contributed by atoms with E-state index in [0.29, 0.717) is 22.3 Å². The first kappa shape index (κ1) is 12.7. The summed E-state index contributed by atoms with van der Waals surface area (Å²) in [7, 11) is 0. The second-order valence-corrected chi connectivity index (χ2v) is 5.38. The Balaban J connectivity index is 1.87. The van der Waals surface area contributed by atoms with E-state index in [0.717, 1.165) is 11.3 Å². The minimum absolute atomic E-state index is 0.242. The van der Waals surface area contributed by atoms with E-state index in [-0.39, 0.29) is 5.56 Å². The summed E-state index contributed by atoms with van der Waals surface area (Å²) in [6.45, 7) is 3.90. The zero-order chi connectivity index (χ0) is 14.1. The maximum Gasteiger partial charge on any atom is 0.296 e. The van der Waals surface area contributed by atoms with Gasteiger partial charge < -0.3 is 4.74 Å². The Morgan fingerprint density at radius 2 is 2.05 bits per heavy atom. The number of hydrogen-bond donors (Lipinski definition) is 0. The molecule has 3 aromatic rings. The first-order chi connectivity index (χ1) is 9.65. The summed E-state index contributed by atoms with van der Waals surface area (Å²) >= 11 is 1.30. The van der Waals surface area contributed by atoms with Crippen LogP contribution < -0.4 is 10.3 Å². The van der Waals surface area contributed by atoms with Crippen molar-refractivity contribution < 1.29 is 4.74 Å². The minimum atomic E-state index is -0.242. The highest BCUT2D eigenvalue weighted by atomic mass is 32.1. The van der Waals surface area contributed by atoms with Gasteiger partial charge in [-0.05, 0) is 25.5 Å². The molecule has 0 unspecified atom stereocenters. The summed E-state index contributed by atoms with van der Waals surface area (Å²) in [6, 6.07) is 7.75. The minimum Gasteiger partial charge on any atom is -0.486 e. The molecular weight excluding hydrogens is 276 g/mol. The molecule has 0 aliphatic rings. The fraction of sp³-hybridized carbons (Fsp3) is 0.231. The molecule has 6 nitrogen and oxygen atoms in total. The van der Waals surface area contributed by atoms with E-state index in [4.69, 9.17) is 4.74 Å². The lowest BCUT2D eigenvalue weighted by molar-refractivity contribution is 0.302. The molecule has 0 saturated heterocycles. The van der Waals surface area contributed by atoms with Gasteiger partial charge in [0.2, 0.25) is 4.96 Å². The monoisotopic (exact) mass is 288 g/mol. The van der Waals surface area contributed by atoms with E-state index in [1.165, 1.54) is 15.9 Å². The van der Waals surface area contributed by atoms with Crippen LogP contribution in [0.4, 0.5) is 0 Å². The van der Waals surface area contributed by atoms with Crippen LogP contribution >= 0.6 is 11.3 Å². The maximum atomic E-state index is 11.8. The van der Waals surface area contributed by atoms with Crippen molar-refractivity contribution in [1.82, 2.24) is 19.8 Å². The van der Waals surface area contributed by atoms with Crippen LogP contribution in [0.15, 0.2) is 29.1 Å². The molecule has 0 bridgehead atoms. The van der Waals surface area contributed by atoms with Crippen molar-refractivity contribution in [3.8, 4) is 5.75 Å². The Kier molecular flexibility index (Phi) is 3.19. The molecule has 3 rings (SSSR count). The first-order valence-corrected chi connectivity index (χ1v) is 6.87. The number of benzene rings is 1. The fourth-order valence-corrected chi connectivity index (χ4v) is 2.49. The number of fused-ring (bicyclic) bond motifs is 1. The van der Waals surface area contributed by atoms with Crippen molar-refractivity contribution in [3.05, 3.63) is 50.9 Å². The highest BCUT2D eigenvalue weighted by Crippen LogP contribution is 2.19. The van der Waals surface area contributed by atoms with Crippen LogP contribution in [0.25, 0.3) is 4.96 Å². The van der Waals surface area contributed by atoms with Crippen molar-refractivity contribution in [3.63, 3.8) is 0 Å². The maximum absolute atomic E-state index is 11.8. The molecule has 2 aromatic heterocycles. The van der Waals surface area contributed by atoms with E-state index in [1.807, 2.05) is 31.2 Å². The molecule has 0 N–H and O–H groups in total. The molecule has 0 fully saturated rings. The number of ether oxygens (including phenoxy) is 1. The Hall–Kier alpha value is -2.28. The average molecular weight is 288 g/mol. The van der Waals surface area contributed by atoms with E-state index in [9.17, 15) is 4.79 Å². The van der Waals surface area contributed by atoms with Gasteiger partial charge in [0, 0.05) is 0 Å². The summed E-state index contributed by atoms with van der Waals surface area (Å²) in [6.07, 6.45) is 0. The van der Waals surface area contributed by atoms with Crippen LogP contribution in [0.1, 0.15) is 16.3 Å². The van der Waals surface area contributed by atoms with Gasteiger partial charge in [0.05, 0.1) is 0 Å². The normalized spacial score (nSPS) is 10.9. The molecular formula is C13H12N4O2S. The van der Waals surface area contributed by atoms with E-state index >= 15 is 0 Å². The summed E-state index contributed by atoms with van der Waals surface area (Å²) < 4.78 is 6.97. The van der Waals surface area contributed by atoms with Crippen LogP contribution in [-0.4, -0.2) is 19.8 Å². The first-order valence-electron chi connectivity index (χ1n) is 6.05. The zero-order valence-electron chi connectivity index (χ0n) is 11.0. The molecule has 0 aliphatic heterocycles. The number of rotatable bonds is 3. The standard InChI is InChI=1S/C13H12N4O2S/c1-8-5-3-4-6-10(8)19-7-11-16-17-12(18)9(2)14-15-13(17)20-11/h3-6H,7H2,1-2H3. The van der Waals surface area contributed by atoms with Crippen LogP contribution in [0.3, 0.4) is 0 Å². The van der Waals surface area contributed by atoms with Gasteiger partial charge in [0.15, 0.2) is 5.01 Å². The van der Waals surface area contributed by atoms with E-state index in [1.54, 1.807) is 6.92 Å². The second-order valence-electron chi connectivity index (χ2n) is 4.33. The van der Waals surface area contributed by atoms with E-state index in [2.05, 4.69) is 15.3 Å². The highest BCUT2D eigenvalue weighted by Gasteiger charge is 2.10. The third-order valence-corrected chi connectivity index (χ3v) is 3.71. The SMILES string of the molecule is Cc1ccccc1OCc1nn2c(=O)c(C)nnc2s1. The number of nitrogens with zero attached hydrogens (tertiary/aromatic N) is 4. The van der Waals surface area contributed by atoms with Crippen molar-refractivity contribution in [1.29, 1.82) is 0 Å². The van der Waals surface area contributed by atoms with Gasteiger partial charge in [0.1, 0.15) is 18.1 Å². The molecule has 1 aromatic carbocycles. The van der Waals surface area contributed by atoms with Crippen LogP contribution in [0, 0.1) is 13.8 Å². The molecule has 7 heteroatoms. The molecule has 20 heavy (non-hydrogen) atoms. The Morgan fingerprint density at radius 3 is 2.85 bits per heavy atom. The summed E-state index contributed by atoms with van der Waals surface area (Å²) in [5.74, 6) is 0.807. The summed E-state index contributed by atoms with van der Waals surface area (Å²) in [4.78, 5) is 12.3. The third kappa shape index (κ3) is 2.27. The van der Waals surface area contributed by atoms with Gasteiger partial charge >= 0.3 is 0 Å². The third-order valence-electron chi connectivity index (χ3n) is 2.83. The molecule has 0 atom stereocenters. The van der Waals surface area contributed by atoms with Crippen LogP contribution in [0.2, 0.25) is 0 Å². The number of hydrogen-bond acceptors (Lipinski definition) is 6. The largest absolute Gasteiger partial charge is 0.486 e. The molecule has 2 heterocycles. The lowest BCUT2D eigenvalue weighted by Gasteiger charge is -2.05. The lowest BCUT2D eigenvalue weighted by Crippen LogP contribution is -2.19. The quantitative estimate of drug-likeness (QED) is 0.734. The summed E-state index contributed by atoms with van der Waals surface area (Å²) in [5.41, 5.74) is 1.15. The number of para-hydroxylation sites is 1. The Labute approximate surface area is 118 Å². The molecule has 0 amide bonds. The fourth-order valence-electron chi connectivity index (χ4n) is 1.75. The van der Waals surface area contributed by atoms with Gasteiger partial charge in [-0.25, -0.2) is 0 Å². The second kappa shape index (κ2) is 5.01. The molecule has 0 radical (unpaired) electrons. The number of aryl methyl sites for hydroxylation is 2. The number of aromatic nitrogens is 4. The van der Waals surface area contributed by atoms with Gasteiger partial charge in [-0.2, -0.15) is 9.61 Å². The van der Waals surface area contributed by atoms with Crippen molar-refractivity contribution in [2.75, 3.05) is 0 Å². The predicted molar refractivity (Wildman–Crippen MR) is 75.2 cm³/mol. The molecule has 102 valence electrons. The molecule has 0 aliphatic carbocycles. The van der Waals surface area contributed by atoms with Crippen molar-refractivity contribution >= 4 is 16.3 Å². The zero-order valence-corrected chi connectivity index (χ0v) is 11.8. The van der Waals surface area contributed by atoms with Crippen molar-refractivity contribution in [2.24, 2.45) is 0 Å². The molecule has 0 spiro atoms. The van der Waals surface area contributed by atoms with E-state index < -0.39 is 0 Å². The van der Waals surface area contributed by atoms with Gasteiger partial charge in [0.25, 0.3) is 5.56 Å². The smallest absolute Gasteiger partial charge is 0.296 e. The predicted octanol–water partition coefficient (Wildman–Crippen LogP) is 1.74. The van der Waals surface area contributed by atoms with Gasteiger partial charge in [-0.1, -0.05) is 29.5 Å². The molecule has 0 saturated carbocycles. The summed E-state index contributed by atoms with van der Waals surface area (Å²) in [5, 5.41) is 12.6. The van der Waals surface area contributed by atoms with Crippen molar-refractivity contribution in [2.45, 2.75) is 20.5 Å². The van der Waals surface area contributed by atoms with Gasteiger partial charge in [-0.15, -0.1) is 10.2 Å². The lowest BCUT2D eigenvalue weighted by atomic mass is 10.2. The Morgan fingerprint density at radius 1 is 1.25 bits per heavy atom. The average Bonchev–Trinajstić information content (AvgIpc) is 2.86. The van der Waals surface area contributed by atoms with Crippen LogP contribution in [-0.2, 0) is 6.61 Å². The highest BCUT2D eigenvalue weighted by molar-refractivity contribution is 7.16. The topological polar surface area (TPSA) is 69.4 Å². The van der Waals surface area contributed by atoms with Crippen LogP contribution in [0.5, 0.6) is 5.75 Å². The van der Waals surface area contributed by atoms with Gasteiger partial charge in [-0.3, -0.25) is 4.79 Å².